The van der Waals surface area contributed by atoms with Gasteiger partial charge in [0.2, 0.25) is 0 Å². The Kier molecular flexibility index (Phi) is 3.23. The fraction of sp³-hybridized carbons (Fsp3) is 0.0625. The van der Waals surface area contributed by atoms with E-state index in [1.807, 2.05) is 0 Å². The lowest BCUT2D eigenvalue weighted by atomic mass is 10.0. The van der Waals surface area contributed by atoms with Gasteiger partial charge in [0.15, 0.2) is 0 Å². The van der Waals surface area contributed by atoms with Crippen molar-refractivity contribution in [1.82, 2.24) is 9.97 Å². The van der Waals surface area contributed by atoms with Crippen molar-refractivity contribution in [1.29, 1.82) is 0 Å². The Morgan fingerprint density at radius 1 is 1.14 bits per heavy atom. The van der Waals surface area contributed by atoms with Gasteiger partial charge in [0.05, 0.1) is 23.9 Å². The van der Waals surface area contributed by atoms with Crippen molar-refractivity contribution in [3.8, 4) is 17.0 Å². The molecule has 0 saturated carbocycles. The second-order valence-electron chi connectivity index (χ2n) is 4.48. The largest absolute Gasteiger partial charge is 0.497 e. The predicted molar refractivity (Wildman–Crippen MR) is 78.5 cm³/mol. The minimum atomic E-state index is -0.994. The number of methoxy groups -OCH3 is 1. The van der Waals surface area contributed by atoms with E-state index in [0.29, 0.717) is 22.3 Å². The number of rotatable bonds is 3. The Morgan fingerprint density at radius 3 is 2.57 bits per heavy atom. The summed E-state index contributed by atoms with van der Waals surface area (Å²) in [5.41, 5.74) is 2.24. The number of aromatic carboxylic acids is 1. The fourth-order valence-electron chi connectivity index (χ4n) is 2.18. The topological polar surface area (TPSA) is 72.3 Å². The third kappa shape index (κ3) is 2.41. The molecule has 0 aliphatic carbocycles. The zero-order valence-corrected chi connectivity index (χ0v) is 11.3. The van der Waals surface area contributed by atoms with Crippen LogP contribution < -0.4 is 4.74 Å². The van der Waals surface area contributed by atoms with Crippen molar-refractivity contribution in [2.75, 3.05) is 7.11 Å². The molecule has 1 N–H and O–H groups in total. The molecule has 0 aliphatic heterocycles. The van der Waals surface area contributed by atoms with Crippen LogP contribution in [-0.4, -0.2) is 28.2 Å². The first kappa shape index (κ1) is 13.1. The summed E-state index contributed by atoms with van der Waals surface area (Å²) < 4.78 is 5.14. The van der Waals surface area contributed by atoms with Gasteiger partial charge >= 0.3 is 5.97 Å². The number of carbonyl (C=O) groups is 1. The standard InChI is InChI=1S/C16H12N2O3/c1-21-11-2-3-14-12(8-11)13(16(19)20)9-15(18-14)10-4-6-17-7-5-10/h2-9H,1H3,(H,19,20). The molecule has 0 radical (unpaired) electrons. The third-order valence-electron chi connectivity index (χ3n) is 3.22. The number of hydrogen-bond donors (Lipinski definition) is 1. The second kappa shape index (κ2) is 5.20. The summed E-state index contributed by atoms with van der Waals surface area (Å²) >= 11 is 0. The Labute approximate surface area is 120 Å². The van der Waals surface area contributed by atoms with Gasteiger partial charge in [-0.05, 0) is 36.4 Å². The maximum atomic E-state index is 11.5. The SMILES string of the molecule is COc1ccc2nc(-c3ccncc3)cc(C(=O)O)c2c1. The number of carboxylic acid groups (broad SMARTS) is 1. The number of hydrogen-bond acceptors (Lipinski definition) is 4. The number of fused-ring (bicyclic) bond motifs is 1. The summed E-state index contributed by atoms with van der Waals surface area (Å²) in [6.45, 7) is 0. The van der Waals surface area contributed by atoms with Gasteiger partial charge in [0.25, 0.3) is 0 Å². The lowest BCUT2D eigenvalue weighted by molar-refractivity contribution is 0.0699. The molecule has 0 amide bonds. The molecule has 0 atom stereocenters. The number of ether oxygens (including phenoxy) is 1. The molecule has 104 valence electrons. The lowest BCUT2D eigenvalue weighted by Crippen LogP contribution is -2.00. The van der Waals surface area contributed by atoms with Gasteiger partial charge < -0.3 is 9.84 Å². The van der Waals surface area contributed by atoms with E-state index in [-0.39, 0.29) is 5.56 Å². The normalized spacial score (nSPS) is 10.5. The van der Waals surface area contributed by atoms with Crippen LogP contribution in [0.4, 0.5) is 0 Å². The lowest BCUT2D eigenvalue weighted by Gasteiger charge is -2.08. The van der Waals surface area contributed by atoms with E-state index >= 15 is 0 Å². The maximum absolute atomic E-state index is 11.5. The van der Waals surface area contributed by atoms with Crippen molar-refractivity contribution >= 4 is 16.9 Å². The van der Waals surface area contributed by atoms with E-state index in [1.54, 1.807) is 55.9 Å². The van der Waals surface area contributed by atoms with Crippen LogP contribution in [0.5, 0.6) is 5.75 Å². The number of benzene rings is 1. The first-order valence-corrected chi connectivity index (χ1v) is 6.31. The highest BCUT2D eigenvalue weighted by Gasteiger charge is 2.13. The molecular formula is C16H12N2O3. The number of carboxylic acids is 1. The molecule has 0 bridgehead atoms. The van der Waals surface area contributed by atoms with Crippen LogP contribution in [0.2, 0.25) is 0 Å². The quantitative estimate of drug-likeness (QED) is 0.798. The number of nitrogens with zero attached hydrogens (tertiary/aromatic N) is 2. The van der Waals surface area contributed by atoms with Crippen molar-refractivity contribution in [3.05, 3.63) is 54.4 Å². The molecule has 3 rings (SSSR count). The highest BCUT2D eigenvalue weighted by atomic mass is 16.5. The zero-order chi connectivity index (χ0) is 14.8. The monoisotopic (exact) mass is 280 g/mol. The van der Waals surface area contributed by atoms with E-state index in [2.05, 4.69) is 9.97 Å². The van der Waals surface area contributed by atoms with E-state index in [9.17, 15) is 9.90 Å². The van der Waals surface area contributed by atoms with Crippen LogP contribution in [-0.2, 0) is 0 Å². The molecule has 2 heterocycles. The molecule has 21 heavy (non-hydrogen) atoms. The first-order valence-electron chi connectivity index (χ1n) is 6.31. The maximum Gasteiger partial charge on any atom is 0.336 e. The summed E-state index contributed by atoms with van der Waals surface area (Å²) in [6.07, 6.45) is 3.30. The Bertz CT molecular complexity index is 816. The van der Waals surface area contributed by atoms with E-state index in [1.165, 1.54) is 0 Å². The van der Waals surface area contributed by atoms with Gasteiger partial charge in [-0.1, -0.05) is 0 Å². The van der Waals surface area contributed by atoms with E-state index in [0.717, 1.165) is 5.56 Å². The minimum Gasteiger partial charge on any atom is -0.497 e. The zero-order valence-electron chi connectivity index (χ0n) is 11.3. The number of pyridine rings is 2. The summed E-state index contributed by atoms with van der Waals surface area (Å²) in [4.78, 5) is 20.0. The summed E-state index contributed by atoms with van der Waals surface area (Å²) in [6, 6.07) is 10.4. The van der Waals surface area contributed by atoms with Gasteiger partial charge in [0, 0.05) is 23.3 Å². The molecule has 5 heteroatoms. The van der Waals surface area contributed by atoms with Crippen LogP contribution in [0.25, 0.3) is 22.2 Å². The summed E-state index contributed by atoms with van der Waals surface area (Å²) in [7, 11) is 1.54. The average Bonchev–Trinajstić information content (AvgIpc) is 2.54. The van der Waals surface area contributed by atoms with Gasteiger partial charge in [-0.25, -0.2) is 9.78 Å². The smallest absolute Gasteiger partial charge is 0.336 e. The van der Waals surface area contributed by atoms with Crippen molar-refractivity contribution < 1.29 is 14.6 Å². The van der Waals surface area contributed by atoms with E-state index in [4.69, 9.17) is 4.74 Å². The second-order valence-corrected chi connectivity index (χ2v) is 4.48. The summed E-state index contributed by atoms with van der Waals surface area (Å²) in [5, 5.41) is 9.99. The molecule has 0 saturated heterocycles. The van der Waals surface area contributed by atoms with Crippen LogP contribution in [0, 0.1) is 0 Å². The highest BCUT2D eigenvalue weighted by Crippen LogP contribution is 2.27. The van der Waals surface area contributed by atoms with Crippen molar-refractivity contribution in [2.24, 2.45) is 0 Å². The molecule has 2 aromatic heterocycles. The van der Waals surface area contributed by atoms with E-state index < -0.39 is 5.97 Å². The number of aromatic nitrogens is 2. The average molecular weight is 280 g/mol. The third-order valence-corrected chi connectivity index (χ3v) is 3.22. The Balaban J connectivity index is 2.29. The van der Waals surface area contributed by atoms with Gasteiger partial charge in [-0.2, -0.15) is 0 Å². The van der Waals surface area contributed by atoms with Crippen LogP contribution in [0.3, 0.4) is 0 Å². The molecule has 5 nitrogen and oxygen atoms in total. The van der Waals surface area contributed by atoms with Crippen LogP contribution in [0.1, 0.15) is 10.4 Å². The Morgan fingerprint density at radius 2 is 1.90 bits per heavy atom. The van der Waals surface area contributed by atoms with Crippen LogP contribution in [0.15, 0.2) is 48.8 Å². The first-order chi connectivity index (χ1) is 10.2. The van der Waals surface area contributed by atoms with Gasteiger partial charge in [0.1, 0.15) is 5.75 Å². The van der Waals surface area contributed by atoms with Crippen molar-refractivity contribution in [2.45, 2.75) is 0 Å². The predicted octanol–water partition coefficient (Wildman–Crippen LogP) is 3.00. The minimum absolute atomic E-state index is 0.200. The summed E-state index contributed by atoms with van der Waals surface area (Å²) in [5.74, 6) is -0.394. The molecule has 0 unspecified atom stereocenters. The Hall–Kier alpha value is -2.95. The fourth-order valence-corrected chi connectivity index (χ4v) is 2.18. The van der Waals surface area contributed by atoms with Crippen LogP contribution >= 0.6 is 0 Å². The highest BCUT2D eigenvalue weighted by molar-refractivity contribution is 6.04. The molecule has 1 aromatic carbocycles. The molecule has 3 aromatic rings. The molecule has 0 spiro atoms. The molecule has 0 fully saturated rings. The van der Waals surface area contributed by atoms with Crippen molar-refractivity contribution in [3.63, 3.8) is 0 Å². The molecule has 0 aliphatic rings. The van der Waals surface area contributed by atoms with Gasteiger partial charge in [-0.15, -0.1) is 0 Å². The van der Waals surface area contributed by atoms with Gasteiger partial charge in [-0.3, -0.25) is 4.98 Å². The molecular weight excluding hydrogens is 268 g/mol.